The first-order valence-electron chi connectivity index (χ1n) is 6.82. The number of aromatic nitrogens is 1. The van der Waals surface area contributed by atoms with Crippen LogP contribution in [0.15, 0.2) is 24.3 Å². The summed E-state index contributed by atoms with van der Waals surface area (Å²) >= 11 is 0. The fourth-order valence-electron chi connectivity index (χ4n) is 2.79. The van der Waals surface area contributed by atoms with Crippen molar-refractivity contribution in [2.24, 2.45) is 0 Å². The van der Waals surface area contributed by atoms with E-state index in [2.05, 4.69) is 5.92 Å². The first-order chi connectivity index (χ1) is 9.81. The van der Waals surface area contributed by atoms with Gasteiger partial charge < -0.3 is 4.74 Å². The zero-order valence-corrected chi connectivity index (χ0v) is 11.2. The number of benzene rings is 1. The minimum Gasteiger partial charge on any atom is -0.449 e. The van der Waals surface area contributed by atoms with Gasteiger partial charge in [0.15, 0.2) is 6.61 Å². The molecule has 0 aliphatic heterocycles. The maximum Gasteiger partial charge on any atom is 0.340 e. The number of fused-ring (bicyclic) bond motifs is 2. The molecule has 0 amide bonds. The molecule has 0 N–H and O–H groups in total. The Kier molecular flexibility index (Phi) is 3.39. The molecule has 0 atom stereocenters. The first kappa shape index (κ1) is 12.7. The third kappa shape index (κ3) is 2.14. The number of para-hydroxylation sites is 1. The lowest BCUT2D eigenvalue weighted by Gasteiger charge is -2.19. The fraction of sp³-hybridized carbons (Fsp3) is 0.294. The van der Waals surface area contributed by atoms with Crippen molar-refractivity contribution in [2.45, 2.75) is 25.7 Å². The van der Waals surface area contributed by atoms with Gasteiger partial charge in [0.1, 0.15) is 0 Å². The Hall–Kier alpha value is -2.34. The molecule has 3 nitrogen and oxygen atoms in total. The Morgan fingerprint density at radius 3 is 2.95 bits per heavy atom. The van der Waals surface area contributed by atoms with Gasteiger partial charge in [-0.2, -0.15) is 0 Å². The topological polar surface area (TPSA) is 39.2 Å². The van der Waals surface area contributed by atoms with E-state index in [9.17, 15) is 4.79 Å². The van der Waals surface area contributed by atoms with E-state index in [4.69, 9.17) is 16.1 Å². The van der Waals surface area contributed by atoms with E-state index in [1.165, 1.54) is 0 Å². The van der Waals surface area contributed by atoms with Crippen molar-refractivity contribution in [2.75, 3.05) is 6.61 Å². The Labute approximate surface area is 118 Å². The van der Waals surface area contributed by atoms with Gasteiger partial charge in [-0.15, -0.1) is 6.42 Å². The van der Waals surface area contributed by atoms with E-state index < -0.39 is 0 Å². The summed E-state index contributed by atoms with van der Waals surface area (Å²) in [5, 5.41) is 0.857. The van der Waals surface area contributed by atoms with Crippen LogP contribution in [0.4, 0.5) is 0 Å². The van der Waals surface area contributed by atoms with Crippen molar-refractivity contribution >= 4 is 16.9 Å². The van der Waals surface area contributed by atoms with E-state index in [-0.39, 0.29) is 12.6 Å². The molecular weight excluding hydrogens is 250 g/mol. The lowest BCUT2D eigenvalue weighted by Crippen LogP contribution is -2.15. The molecule has 1 aromatic carbocycles. The number of aryl methyl sites for hydroxylation is 1. The average molecular weight is 265 g/mol. The quantitative estimate of drug-likeness (QED) is 0.619. The Morgan fingerprint density at radius 2 is 2.10 bits per heavy atom. The lowest BCUT2D eigenvalue weighted by molar-refractivity contribution is 0.0557. The first-order valence-corrected chi connectivity index (χ1v) is 6.82. The van der Waals surface area contributed by atoms with Crippen molar-refractivity contribution in [3.8, 4) is 12.3 Å². The van der Waals surface area contributed by atoms with E-state index >= 15 is 0 Å². The second-order valence-corrected chi connectivity index (χ2v) is 4.92. The van der Waals surface area contributed by atoms with Gasteiger partial charge in [-0.05, 0) is 37.3 Å². The van der Waals surface area contributed by atoms with Gasteiger partial charge in [0.25, 0.3) is 0 Å². The van der Waals surface area contributed by atoms with Crippen LogP contribution >= 0.6 is 0 Å². The number of pyridine rings is 1. The summed E-state index contributed by atoms with van der Waals surface area (Å²) in [5.74, 6) is 2.00. The number of terminal acetylenes is 1. The van der Waals surface area contributed by atoms with Gasteiger partial charge in [0, 0.05) is 11.1 Å². The molecule has 3 rings (SSSR count). The van der Waals surface area contributed by atoms with Gasteiger partial charge >= 0.3 is 5.97 Å². The molecule has 1 heterocycles. The maximum atomic E-state index is 12.3. The van der Waals surface area contributed by atoms with Crippen molar-refractivity contribution in [1.82, 2.24) is 4.98 Å². The predicted octanol–water partition coefficient (Wildman–Crippen LogP) is 2.90. The molecule has 0 radical (unpaired) electrons. The summed E-state index contributed by atoms with van der Waals surface area (Å²) in [4.78, 5) is 17.0. The molecule has 0 unspecified atom stereocenters. The number of carbonyl (C=O) groups excluding carboxylic acids is 1. The molecule has 0 fully saturated rings. The monoisotopic (exact) mass is 265 g/mol. The van der Waals surface area contributed by atoms with Crippen LogP contribution in [0, 0.1) is 12.3 Å². The number of hydrogen-bond donors (Lipinski definition) is 0. The molecule has 100 valence electrons. The molecular formula is C17H15NO2. The Balaban J connectivity index is 2.21. The highest BCUT2D eigenvalue weighted by Gasteiger charge is 2.23. The highest BCUT2D eigenvalue weighted by atomic mass is 16.5. The summed E-state index contributed by atoms with van der Waals surface area (Å²) < 4.78 is 5.15. The molecule has 0 spiro atoms. The van der Waals surface area contributed by atoms with Gasteiger partial charge in [-0.1, -0.05) is 24.1 Å². The number of rotatable bonds is 2. The highest BCUT2D eigenvalue weighted by Crippen LogP contribution is 2.29. The maximum absolute atomic E-state index is 12.3. The third-order valence-corrected chi connectivity index (χ3v) is 3.66. The lowest BCUT2D eigenvalue weighted by atomic mass is 9.90. The zero-order chi connectivity index (χ0) is 13.9. The smallest absolute Gasteiger partial charge is 0.340 e. The number of hydrogen-bond acceptors (Lipinski definition) is 3. The fourth-order valence-corrected chi connectivity index (χ4v) is 2.79. The summed E-state index contributed by atoms with van der Waals surface area (Å²) in [7, 11) is 0. The van der Waals surface area contributed by atoms with Gasteiger partial charge in [-0.25, -0.2) is 4.79 Å². The number of ether oxygens (including phenoxy) is 1. The number of carbonyl (C=O) groups is 1. The van der Waals surface area contributed by atoms with Crippen LogP contribution in [-0.2, 0) is 17.6 Å². The van der Waals surface area contributed by atoms with Gasteiger partial charge in [0.2, 0.25) is 0 Å². The molecule has 1 aromatic heterocycles. The van der Waals surface area contributed by atoms with Gasteiger partial charge in [0.05, 0.1) is 11.1 Å². The van der Waals surface area contributed by atoms with E-state index in [1.54, 1.807) is 0 Å². The van der Waals surface area contributed by atoms with Crippen molar-refractivity contribution < 1.29 is 9.53 Å². The average Bonchev–Trinajstić information content (AvgIpc) is 2.50. The number of esters is 1. The second-order valence-electron chi connectivity index (χ2n) is 4.92. The Bertz CT molecular complexity index is 713. The second kappa shape index (κ2) is 5.34. The van der Waals surface area contributed by atoms with Crippen LogP contribution in [0.2, 0.25) is 0 Å². The van der Waals surface area contributed by atoms with E-state index in [0.29, 0.717) is 5.56 Å². The summed E-state index contributed by atoms with van der Waals surface area (Å²) in [6, 6.07) is 7.70. The summed E-state index contributed by atoms with van der Waals surface area (Å²) in [6.45, 7) is 0.00422. The normalized spacial score (nSPS) is 13.6. The van der Waals surface area contributed by atoms with Gasteiger partial charge in [-0.3, -0.25) is 4.98 Å². The number of nitrogens with zero attached hydrogens (tertiary/aromatic N) is 1. The molecule has 0 bridgehead atoms. The molecule has 20 heavy (non-hydrogen) atoms. The van der Waals surface area contributed by atoms with Crippen molar-refractivity contribution in [1.29, 1.82) is 0 Å². The third-order valence-electron chi connectivity index (χ3n) is 3.66. The molecule has 1 aliphatic rings. The van der Waals surface area contributed by atoms with E-state index in [0.717, 1.165) is 47.8 Å². The van der Waals surface area contributed by atoms with Crippen molar-refractivity contribution in [3.63, 3.8) is 0 Å². The van der Waals surface area contributed by atoms with Crippen molar-refractivity contribution in [3.05, 3.63) is 41.1 Å². The Morgan fingerprint density at radius 1 is 1.30 bits per heavy atom. The molecule has 0 saturated heterocycles. The highest BCUT2D eigenvalue weighted by molar-refractivity contribution is 6.05. The molecule has 1 aliphatic carbocycles. The zero-order valence-electron chi connectivity index (χ0n) is 11.2. The SMILES string of the molecule is C#CCOC(=O)c1c2c(nc3ccccc13)CCCC2. The van der Waals surface area contributed by atoms with Crippen LogP contribution in [0.3, 0.4) is 0 Å². The minimum absolute atomic E-state index is 0.00422. The molecule has 2 aromatic rings. The van der Waals surface area contributed by atoms with Crippen LogP contribution in [-0.4, -0.2) is 17.6 Å². The largest absolute Gasteiger partial charge is 0.449 e. The standard InChI is InChI=1S/C17H15NO2/c1-2-11-20-17(19)16-12-7-3-5-9-14(12)18-15-10-6-4-8-13(15)16/h1,3,5,7,9H,4,6,8,10-11H2. The summed E-state index contributed by atoms with van der Waals surface area (Å²) in [6.07, 6.45) is 9.18. The van der Waals surface area contributed by atoms with Crippen LogP contribution < -0.4 is 0 Å². The van der Waals surface area contributed by atoms with Crippen LogP contribution in [0.1, 0.15) is 34.5 Å². The summed E-state index contributed by atoms with van der Waals surface area (Å²) in [5.41, 5.74) is 3.57. The van der Waals surface area contributed by atoms with Crippen LogP contribution in [0.25, 0.3) is 10.9 Å². The van der Waals surface area contributed by atoms with Crippen LogP contribution in [0.5, 0.6) is 0 Å². The predicted molar refractivity (Wildman–Crippen MR) is 77.5 cm³/mol. The molecule has 3 heteroatoms. The van der Waals surface area contributed by atoms with E-state index in [1.807, 2.05) is 24.3 Å². The molecule has 0 saturated carbocycles. The minimum atomic E-state index is -0.334.